The highest BCUT2D eigenvalue weighted by molar-refractivity contribution is 6.23. The molecule has 0 spiro atoms. The smallest absolute Gasteiger partial charge is 0.406 e. The average Bonchev–Trinajstić information content (AvgIpc) is 3.03. The lowest BCUT2D eigenvalue weighted by atomic mass is 10.0. The van der Waals surface area contributed by atoms with E-state index in [0.29, 0.717) is 11.3 Å². The number of nitrogens with zero attached hydrogens (tertiary/aromatic N) is 4. The molecule has 0 saturated carbocycles. The van der Waals surface area contributed by atoms with Gasteiger partial charge in [0.15, 0.2) is 0 Å². The molecule has 4 amide bonds. The van der Waals surface area contributed by atoms with Crippen LogP contribution in [-0.2, 0) is 11.3 Å². The van der Waals surface area contributed by atoms with Crippen molar-refractivity contribution in [3.8, 4) is 5.75 Å². The van der Waals surface area contributed by atoms with Crippen LogP contribution in [0.3, 0.4) is 0 Å². The number of hydrogen-bond donors (Lipinski definition) is 0. The molecule has 4 rings (SSSR count). The maximum atomic E-state index is 13.4. The highest BCUT2D eigenvalue weighted by Gasteiger charge is 2.52. The maximum Gasteiger partial charge on any atom is 0.573 e. The lowest BCUT2D eigenvalue weighted by Crippen LogP contribution is -2.44. The molecule has 0 bridgehead atoms. The van der Waals surface area contributed by atoms with Gasteiger partial charge in [-0.3, -0.25) is 14.6 Å². The van der Waals surface area contributed by atoms with E-state index in [4.69, 9.17) is 0 Å². The second-order valence-electron chi connectivity index (χ2n) is 8.84. The SMILES string of the molecule is CN(C(=O)c1cnccc1CN1C(=O)N(c2ccc(OC(F)(F)F)cc2)C(=O)C1(C)C)c1ccccc1. The molecule has 1 aliphatic rings. The Labute approximate surface area is 210 Å². The van der Waals surface area contributed by atoms with Gasteiger partial charge in [-0.25, -0.2) is 9.69 Å². The van der Waals surface area contributed by atoms with Gasteiger partial charge in [0, 0.05) is 31.7 Å². The van der Waals surface area contributed by atoms with Gasteiger partial charge in [-0.1, -0.05) is 18.2 Å². The summed E-state index contributed by atoms with van der Waals surface area (Å²) in [5, 5.41) is 0. The summed E-state index contributed by atoms with van der Waals surface area (Å²) in [6.45, 7) is 3.05. The van der Waals surface area contributed by atoms with E-state index in [9.17, 15) is 27.6 Å². The zero-order chi connectivity index (χ0) is 27.0. The van der Waals surface area contributed by atoms with Gasteiger partial charge >= 0.3 is 12.4 Å². The maximum absolute atomic E-state index is 13.4. The summed E-state index contributed by atoms with van der Waals surface area (Å²) < 4.78 is 41.3. The minimum absolute atomic E-state index is 0.0738. The normalized spacial score (nSPS) is 15.2. The molecule has 2 aromatic carbocycles. The van der Waals surface area contributed by atoms with Gasteiger partial charge < -0.3 is 14.5 Å². The van der Waals surface area contributed by atoms with E-state index in [1.54, 1.807) is 51.2 Å². The molecule has 0 radical (unpaired) electrons. The monoisotopic (exact) mass is 512 g/mol. The lowest BCUT2D eigenvalue weighted by Gasteiger charge is -2.28. The molecule has 0 N–H and O–H groups in total. The Morgan fingerprint density at radius 2 is 1.68 bits per heavy atom. The summed E-state index contributed by atoms with van der Waals surface area (Å²) in [5.74, 6) is -1.39. The Balaban J connectivity index is 1.61. The number of carbonyl (C=O) groups is 3. The van der Waals surface area contributed by atoms with Gasteiger partial charge in [-0.15, -0.1) is 13.2 Å². The predicted molar refractivity (Wildman–Crippen MR) is 129 cm³/mol. The number of anilines is 2. The van der Waals surface area contributed by atoms with E-state index in [-0.39, 0.29) is 23.7 Å². The van der Waals surface area contributed by atoms with Gasteiger partial charge in [-0.2, -0.15) is 0 Å². The van der Waals surface area contributed by atoms with Crippen molar-refractivity contribution in [3.05, 3.63) is 84.2 Å². The molecule has 1 saturated heterocycles. The van der Waals surface area contributed by atoms with E-state index >= 15 is 0 Å². The minimum atomic E-state index is -4.87. The number of imide groups is 1. The van der Waals surface area contributed by atoms with Crippen molar-refractivity contribution >= 4 is 29.2 Å². The Hall–Kier alpha value is -4.41. The number of aromatic nitrogens is 1. The summed E-state index contributed by atoms with van der Waals surface area (Å²) in [5.41, 5.74) is 0.201. The fourth-order valence-corrected chi connectivity index (χ4v) is 4.00. The van der Waals surface area contributed by atoms with Crippen molar-refractivity contribution in [1.82, 2.24) is 9.88 Å². The Morgan fingerprint density at radius 1 is 1.03 bits per heavy atom. The summed E-state index contributed by atoms with van der Waals surface area (Å²) >= 11 is 0. The van der Waals surface area contributed by atoms with Crippen molar-refractivity contribution in [2.45, 2.75) is 32.3 Å². The molecule has 1 fully saturated rings. The molecule has 11 heteroatoms. The fourth-order valence-electron chi connectivity index (χ4n) is 4.00. The molecule has 1 aliphatic heterocycles. The Morgan fingerprint density at radius 3 is 2.30 bits per heavy atom. The number of para-hydroxylation sites is 1. The zero-order valence-corrected chi connectivity index (χ0v) is 20.2. The van der Waals surface area contributed by atoms with E-state index in [1.807, 2.05) is 6.07 Å². The average molecular weight is 512 g/mol. The molecule has 0 atom stereocenters. The molecule has 3 aromatic rings. The number of amides is 4. The third kappa shape index (κ3) is 5.11. The molecule has 192 valence electrons. The van der Waals surface area contributed by atoms with Crippen LogP contribution < -0.4 is 14.5 Å². The standard InChI is InChI=1S/C26H23F3N4O4/c1-25(2)23(35)33(19-9-11-20(12-10-19)37-26(27,28)29)24(36)32(25)16-17-13-14-30-15-21(17)22(34)31(3)18-7-5-4-6-8-18/h4-15H,16H2,1-3H3. The number of urea groups is 1. The lowest BCUT2D eigenvalue weighted by molar-refractivity contribution is -0.274. The quantitative estimate of drug-likeness (QED) is 0.434. The predicted octanol–water partition coefficient (Wildman–Crippen LogP) is 5.00. The molecular weight excluding hydrogens is 489 g/mol. The highest BCUT2D eigenvalue weighted by atomic mass is 19.4. The van der Waals surface area contributed by atoms with Crippen LogP contribution in [0, 0.1) is 0 Å². The van der Waals surface area contributed by atoms with Crippen LogP contribution in [0.15, 0.2) is 73.1 Å². The zero-order valence-electron chi connectivity index (χ0n) is 20.2. The molecule has 0 unspecified atom stereocenters. The van der Waals surface area contributed by atoms with Crippen molar-refractivity contribution in [2.75, 3.05) is 16.8 Å². The van der Waals surface area contributed by atoms with Crippen molar-refractivity contribution in [2.24, 2.45) is 0 Å². The van der Waals surface area contributed by atoms with Crippen LogP contribution in [0.25, 0.3) is 0 Å². The Bertz CT molecular complexity index is 1330. The van der Waals surface area contributed by atoms with Crippen LogP contribution >= 0.6 is 0 Å². The number of hydrogen-bond acceptors (Lipinski definition) is 5. The number of rotatable bonds is 6. The van der Waals surface area contributed by atoms with Crippen LogP contribution in [0.1, 0.15) is 29.8 Å². The number of alkyl halides is 3. The first-order valence-electron chi connectivity index (χ1n) is 11.2. The summed E-state index contributed by atoms with van der Waals surface area (Å²) in [6.07, 6.45) is -1.97. The van der Waals surface area contributed by atoms with E-state index in [2.05, 4.69) is 9.72 Å². The second kappa shape index (κ2) is 9.57. The summed E-state index contributed by atoms with van der Waals surface area (Å²) in [6, 6.07) is 14.4. The third-order valence-corrected chi connectivity index (χ3v) is 6.07. The van der Waals surface area contributed by atoms with E-state index in [1.165, 1.54) is 34.3 Å². The van der Waals surface area contributed by atoms with E-state index < -0.39 is 29.6 Å². The van der Waals surface area contributed by atoms with Crippen LogP contribution in [0.2, 0.25) is 0 Å². The van der Waals surface area contributed by atoms with Crippen molar-refractivity contribution in [3.63, 3.8) is 0 Å². The van der Waals surface area contributed by atoms with Gasteiger partial charge in [0.05, 0.1) is 11.3 Å². The molecule has 0 aliphatic carbocycles. The largest absolute Gasteiger partial charge is 0.573 e. The summed E-state index contributed by atoms with van der Waals surface area (Å²) in [4.78, 5) is 47.6. The topological polar surface area (TPSA) is 83.1 Å². The number of halogens is 3. The molecule has 1 aromatic heterocycles. The van der Waals surface area contributed by atoms with Gasteiger partial charge in [0.1, 0.15) is 11.3 Å². The van der Waals surface area contributed by atoms with Gasteiger partial charge in [-0.05, 0) is 61.9 Å². The highest BCUT2D eigenvalue weighted by Crippen LogP contribution is 2.35. The van der Waals surface area contributed by atoms with Gasteiger partial charge in [0.25, 0.3) is 11.8 Å². The van der Waals surface area contributed by atoms with Crippen molar-refractivity contribution in [1.29, 1.82) is 0 Å². The number of pyridine rings is 1. The molecule has 2 heterocycles. The second-order valence-corrected chi connectivity index (χ2v) is 8.84. The Kier molecular flexibility index (Phi) is 6.64. The van der Waals surface area contributed by atoms with Gasteiger partial charge in [0.2, 0.25) is 0 Å². The first kappa shape index (κ1) is 25.7. The molecule has 37 heavy (non-hydrogen) atoms. The number of benzene rings is 2. The van der Waals surface area contributed by atoms with Crippen LogP contribution in [0.5, 0.6) is 5.75 Å². The van der Waals surface area contributed by atoms with E-state index in [0.717, 1.165) is 17.0 Å². The fraction of sp³-hybridized carbons (Fsp3) is 0.231. The minimum Gasteiger partial charge on any atom is -0.406 e. The first-order valence-corrected chi connectivity index (χ1v) is 11.2. The third-order valence-electron chi connectivity index (χ3n) is 6.07. The molecular formula is C26H23F3N4O4. The first-order chi connectivity index (χ1) is 17.4. The number of ether oxygens (including phenoxy) is 1. The number of carbonyl (C=O) groups excluding carboxylic acids is 3. The van der Waals surface area contributed by atoms with Crippen LogP contribution in [-0.4, -0.2) is 46.7 Å². The molecule has 8 nitrogen and oxygen atoms in total. The van der Waals surface area contributed by atoms with Crippen molar-refractivity contribution < 1.29 is 32.3 Å². The van der Waals surface area contributed by atoms with Crippen LogP contribution in [0.4, 0.5) is 29.3 Å². The summed E-state index contributed by atoms with van der Waals surface area (Å²) in [7, 11) is 1.62.